The molecule has 2 saturated heterocycles. The maximum absolute atomic E-state index is 7.12. The molecule has 17 heavy (non-hydrogen) atoms. The largest absolute Gasteiger partial charge is 0.373 e. The third kappa shape index (κ3) is 6.96. The van der Waals surface area contributed by atoms with Gasteiger partial charge in [-0.1, -0.05) is 6.92 Å². The number of aliphatic hydroxyl groups is 2. The number of hydrogen-bond donors (Lipinski definition) is 2. The summed E-state index contributed by atoms with van der Waals surface area (Å²) in [4.78, 5) is 0. The lowest BCUT2D eigenvalue weighted by atomic mass is 10.0. The fourth-order valence-corrected chi connectivity index (χ4v) is 1.54. The first-order valence-corrected chi connectivity index (χ1v) is 4.99. The molecule has 2 N–H and O–H groups in total. The van der Waals surface area contributed by atoms with Crippen molar-refractivity contribution in [2.75, 3.05) is 26.8 Å². The van der Waals surface area contributed by atoms with E-state index in [1.807, 2.05) is 0 Å². The Bertz CT molecular complexity index is 194. The third-order valence-electron chi connectivity index (χ3n) is 2.13. The molecule has 0 spiro atoms. The zero-order valence-corrected chi connectivity index (χ0v) is 9.99. The van der Waals surface area contributed by atoms with E-state index in [0.717, 1.165) is 6.61 Å². The smallest absolute Gasteiger partial charge is 0.147 e. The lowest BCUT2D eigenvalue weighted by molar-refractivity contribution is -0.181. The van der Waals surface area contributed by atoms with Crippen molar-refractivity contribution < 1.29 is 24.4 Å². The van der Waals surface area contributed by atoms with Crippen molar-refractivity contribution in [3.63, 3.8) is 0 Å². The molecule has 2 aliphatic rings. The van der Waals surface area contributed by atoms with E-state index in [1.165, 1.54) is 0 Å². The van der Waals surface area contributed by atoms with Crippen molar-refractivity contribution in [2.24, 2.45) is 5.92 Å². The van der Waals surface area contributed by atoms with Crippen LogP contribution < -0.4 is 0 Å². The molecule has 0 bridgehead atoms. The van der Waals surface area contributed by atoms with E-state index in [4.69, 9.17) is 24.4 Å². The van der Waals surface area contributed by atoms with E-state index in [-0.39, 0.29) is 12.2 Å². The lowest BCUT2D eigenvalue weighted by Crippen LogP contribution is -2.37. The molecule has 0 aromatic carbocycles. The average molecular weight is 244 g/mol. The minimum Gasteiger partial charge on any atom is -0.373 e. The van der Waals surface area contributed by atoms with E-state index in [1.54, 1.807) is 0 Å². The van der Waals surface area contributed by atoms with E-state index in [0.29, 0.717) is 19.3 Å². The maximum Gasteiger partial charge on any atom is 0.147 e. The van der Waals surface area contributed by atoms with Gasteiger partial charge in [-0.3, -0.25) is 0 Å². The Morgan fingerprint density at radius 3 is 2.06 bits per heavy atom. The number of fused-ring (bicyclic) bond motifs is 1. The van der Waals surface area contributed by atoms with E-state index < -0.39 is 6.79 Å². The van der Waals surface area contributed by atoms with Gasteiger partial charge in [0.25, 0.3) is 0 Å². The van der Waals surface area contributed by atoms with Gasteiger partial charge in [0.2, 0.25) is 0 Å². The standard InChI is InChI=1S/C7H12O3.2C2H2.CH4O2/c1-5-2-9-6-3-8-4-10-7(5)6;2*1-2;2-1-3/h5-7H,2-4H2,1H3;2*1-2H;2-3H,1H2/t5-,6+,7+;;;/m0.../s1. The highest BCUT2D eigenvalue weighted by Gasteiger charge is 2.37. The molecule has 0 unspecified atom stereocenters. The first-order chi connectivity index (χ1) is 8.29. The summed E-state index contributed by atoms with van der Waals surface area (Å²) < 4.78 is 15.9. The molecule has 3 atom stereocenters. The maximum atomic E-state index is 7.12. The zero-order valence-electron chi connectivity index (χ0n) is 9.99. The summed E-state index contributed by atoms with van der Waals surface area (Å²) in [5, 5.41) is 14.2. The molecule has 2 heterocycles. The molecule has 0 aromatic rings. The van der Waals surface area contributed by atoms with Gasteiger partial charge in [0.1, 0.15) is 19.7 Å². The average Bonchev–Trinajstić information content (AvgIpc) is 2.78. The van der Waals surface area contributed by atoms with Crippen LogP contribution in [0.1, 0.15) is 6.92 Å². The van der Waals surface area contributed by atoms with Gasteiger partial charge in [-0.15, -0.1) is 25.7 Å². The Hall–Kier alpha value is -1.08. The second kappa shape index (κ2) is 13.0. The van der Waals surface area contributed by atoms with Crippen LogP contribution in [0.15, 0.2) is 0 Å². The van der Waals surface area contributed by atoms with Gasteiger partial charge in [0, 0.05) is 5.92 Å². The molecule has 5 nitrogen and oxygen atoms in total. The SMILES string of the molecule is C#C.C#C.C[C@H]1CO[C@@H]2COCO[C@H]12.OCO. The zero-order chi connectivity index (χ0) is 13.7. The van der Waals surface area contributed by atoms with Crippen LogP contribution in [0.4, 0.5) is 0 Å². The van der Waals surface area contributed by atoms with Crippen LogP contribution in [0.2, 0.25) is 0 Å². The number of ether oxygens (including phenoxy) is 3. The van der Waals surface area contributed by atoms with E-state index >= 15 is 0 Å². The summed E-state index contributed by atoms with van der Waals surface area (Å²) in [6, 6.07) is 0. The molecule has 2 fully saturated rings. The Labute approximate surface area is 103 Å². The van der Waals surface area contributed by atoms with Crippen molar-refractivity contribution in [1.29, 1.82) is 0 Å². The molecule has 5 heteroatoms. The summed E-state index contributed by atoms with van der Waals surface area (Å²) in [6.07, 6.45) is 16.5. The van der Waals surface area contributed by atoms with Crippen molar-refractivity contribution in [3.05, 3.63) is 0 Å². The van der Waals surface area contributed by atoms with Crippen molar-refractivity contribution >= 4 is 0 Å². The topological polar surface area (TPSA) is 68.2 Å². The summed E-state index contributed by atoms with van der Waals surface area (Å²) in [7, 11) is 0. The minimum absolute atomic E-state index is 0.198. The van der Waals surface area contributed by atoms with Gasteiger partial charge < -0.3 is 24.4 Å². The van der Waals surface area contributed by atoms with Gasteiger partial charge in [-0.05, 0) is 0 Å². The highest BCUT2D eigenvalue weighted by Crippen LogP contribution is 2.25. The van der Waals surface area contributed by atoms with Crippen molar-refractivity contribution in [3.8, 4) is 25.7 Å². The number of rotatable bonds is 0. The Kier molecular flexibility index (Phi) is 14.0. The van der Waals surface area contributed by atoms with Gasteiger partial charge in [-0.2, -0.15) is 0 Å². The second-order valence-electron chi connectivity index (χ2n) is 3.11. The fourth-order valence-electron chi connectivity index (χ4n) is 1.54. The number of hydrogen-bond acceptors (Lipinski definition) is 5. The first-order valence-electron chi connectivity index (χ1n) is 4.99. The van der Waals surface area contributed by atoms with Gasteiger partial charge >= 0.3 is 0 Å². The molecule has 0 aromatic heterocycles. The van der Waals surface area contributed by atoms with Gasteiger partial charge in [0.05, 0.1) is 19.3 Å². The monoisotopic (exact) mass is 244 g/mol. The Balaban J connectivity index is 0. The molecular formula is C12H20O5. The van der Waals surface area contributed by atoms with Crippen LogP contribution in [0.25, 0.3) is 0 Å². The lowest BCUT2D eigenvalue weighted by Gasteiger charge is -2.26. The third-order valence-corrected chi connectivity index (χ3v) is 2.13. The van der Waals surface area contributed by atoms with E-state index in [2.05, 4.69) is 32.6 Å². The van der Waals surface area contributed by atoms with Crippen LogP contribution in [0, 0.1) is 31.6 Å². The van der Waals surface area contributed by atoms with Crippen molar-refractivity contribution in [1.82, 2.24) is 0 Å². The van der Waals surface area contributed by atoms with Crippen LogP contribution in [-0.2, 0) is 14.2 Å². The molecule has 0 saturated carbocycles. The Morgan fingerprint density at radius 1 is 1.06 bits per heavy atom. The predicted octanol–water partition coefficient (Wildman–Crippen LogP) is -0.178. The minimum atomic E-state index is -0.750. The molecule has 2 rings (SSSR count). The van der Waals surface area contributed by atoms with Crippen LogP contribution >= 0.6 is 0 Å². The quantitative estimate of drug-likeness (QED) is 0.457. The summed E-state index contributed by atoms with van der Waals surface area (Å²) >= 11 is 0. The Morgan fingerprint density at radius 2 is 1.59 bits per heavy atom. The highest BCUT2D eigenvalue weighted by atomic mass is 16.7. The van der Waals surface area contributed by atoms with Gasteiger partial charge in [0.15, 0.2) is 0 Å². The van der Waals surface area contributed by atoms with Crippen molar-refractivity contribution in [2.45, 2.75) is 19.1 Å². The molecule has 0 radical (unpaired) electrons. The summed E-state index contributed by atoms with van der Waals surface area (Å²) in [5.74, 6) is 0.536. The number of terminal acetylenes is 2. The predicted molar refractivity (Wildman–Crippen MR) is 63.7 cm³/mol. The second-order valence-corrected chi connectivity index (χ2v) is 3.11. The van der Waals surface area contributed by atoms with Crippen LogP contribution in [0.5, 0.6) is 0 Å². The first kappa shape index (κ1) is 18.3. The highest BCUT2D eigenvalue weighted by molar-refractivity contribution is 4.83. The number of aliphatic hydroxyl groups excluding tert-OH is 1. The summed E-state index contributed by atoms with van der Waals surface area (Å²) in [5.41, 5.74) is 0. The van der Waals surface area contributed by atoms with E-state index in [9.17, 15) is 0 Å². The molecule has 0 aliphatic carbocycles. The molecule has 0 amide bonds. The molecule has 2 aliphatic heterocycles. The normalized spacial score (nSPS) is 29.0. The van der Waals surface area contributed by atoms with Gasteiger partial charge in [-0.25, -0.2) is 0 Å². The van der Waals surface area contributed by atoms with Crippen LogP contribution in [0.3, 0.4) is 0 Å². The fraction of sp³-hybridized carbons (Fsp3) is 0.667. The molecule has 98 valence electrons. The summed E-state index contributed by atoms with van der Waals surface area (Å²) in [6.45, 7) is 3.36. The molecular weight excluding hydrogens is 224 g/mol. The van der Waals surface area contributed by atoms with Crippen LogP contribution in [-0.4, -0.2) is 49.2 Å².